The Hall–Kier alpha value is -3.29. The van der Waals surface area contributed by atoms with Crippen molar-refractivity contribution in [1.82, 2.24) is 20.5 Å². The average Bonchev–Trinajstić information content (AvgIpc) is 3.17. The lowest BCUT2D eigenvalue weighted by Crippen LogP contribution is -2.29. The van der Waals surface area contributed by atoms with Gasteiger partial charge in [-0.3, -0.25) is 14.9 Å². The topological polar surface area (TPSA) is 79.9 Å². The van der Waals surface area contributed by atoms with Crippen LogP contribution in [0.25, 0.3) is 0 Å². The first-order valence-electron chi connectivity index (χ1n) is 7.76. The maximum absolute atomic E-state index is 12.7. The van der Waals surface area contributed by atoms with Crippen LogP contribution in [-0.2, 0) is 0 Å². The van der Waals surface area contributed by atoms with Crippen LogP contribution in [0.5, 0.6) is 5.75 Å². The number of alkyl halides is 2. The highest BCUT2D eigenvalue weighted by Gasteiger charge is 2.21. The van der Waals surface area contributed by atoms with Gasteiger partial charge in [-0.25, -0.2) is 8.78 Å². The summed E-state index contributed by atoms with van der Waals surface area (Å²) in [6, 6.07) is 11.3. The first-order chi connectivity index (χ1) is 12.6. The van der Waals surface area contributed by atoms with Gasteiger partial charge < -0.3 is 10.1 Å². The molecule has 26 heavy (non-hydrogen) atoms. The fraction of sp³-hybridized carbons (Fsp3) is 0.167. The average molecular weight is 358 g/mol. The van der Waals surface area contributed by atoms with Crippen LogP contribution in [0.15, 0.2) is 54.9 Å². The summed E-state index contributed by atoms with van der Waals surface area (Å²) in [5.41, 5.74) is 1.09. The number of nitrogens with zero attached hydrogens (tertiary/aromatic N) is 2. The number of ether oxygens (including phenoxy) is 1. The number of methoxy groups -OCH3 is 1. The molecule has 0 aliphatic carbocycles. The van der Waals surface area contributed by atoms with Crippen LogP contribution >= 0.6 is 0 Å². The smallest absolute Gasteiger partial charge is 0.279 e. The molecule has 1 amide bonds. The standard InChI is InChI=1S/C18H16F2N4O2/c1-26-13-4-2-11(3-5-13)16(12-6-8-21-9-7-12)22-18(25)15-10-14(17(19)20)23-24-15/h2-10,16-17H,1H3,(H,22,25)(H,23,24)/t16-/m1/s1. The van der Waals surface area contributed by atoms with Crippen molar-refractivity contribution >= 4 is 5.91 Å². The SMILES string of the molecule is COc1ccc([C@@H](NC(=O)c2cc(C(F)F)[nH]n2)c2ccncc2)cc1. The third-order valence-electron chi connectivity index (χ3n) is 3.83. The number of rotatable bonds is 6. The van der Waals surface area contributed by atoms with E-state index in [1.807, 2.05) is 12.1 Å². The third-order valence-corrected chi connectivity index (χ3v) is 3.83. The van der Waals surface area contributed by atoms with Gasteiger partial charge in [-0.15, -0.1) is 0 Å². The van der Waals surface area contributed by atoms with E-state index in [0.29, 0.717) is 5.75 Å². The fourth-order valence-electron chi connectivity index (χ4n) is 2.48. The number of nitrogens with one attached hydrogen (secondary N) is 2. The number of H-pyrrole nitrogens is 1. The summed E-state index contributed by atoms with van der Waals surface area (Å²) in [5, 5.41) is 8.64. The molecule has 2 N–H and O–H groups in total. The number of aromatic amines is 1. The molecule has 2 aromatic heterocycles. The van der Waals surface area contributed by atoms with Crippen LogP contribution in [0.2, 0.25) is 0 Å². The molecule has 0 aliphatic rings. The van der Waals surface area contributed by atoms with Gasteiger partial charge in [-0.1, -0.05) is 12.1 Å². The van der Waals surface area contributed by atoms with E-state index in [0.717, 1.165) is 17.2 Å². The molecule has 3 aromatic rings. The Kier molecular flexibility index (Phi) is 5.21. The van der Waals surface area contributed by atoms with Gasteiger partial charge in [0.15, 0.2) is 0 Å². The van der Waals surface area contributed by atoms with Gasteiger partial charge in [0.2, 0.25) is 0 Å². The fourth-order valence-corrected chi connectivity index (χ4v) is 2.48. The molecule has 0 saturated heterocycles. The van der Waals surface area contributed by atoms with E-state index in [1.165, 1.54) is 0 Å². The molecule has 0 radical (unpaired) electrons. The van der Waals surface area contributed by atoms with E-state index in [2.05, 4.69) is 20.5 Å². The first-order valence-corrected chi connectivity index (χ1v) is 7.76. The molecule has 0 spiro atoms. The lowest BCUT2D eigenvalue weighted by Gasteiger charge is -2.19. The number of amides is 1. The Morgan fingerprint density at radius 2 is 1.77 bits per heavy atom. The summed E-state index contributed by atoms with van der Waals surface area (Å²) in [6.07, 6.45) is 0.504. The van der Waals surface area contributed by atoms with E-state index in [1.54, 1.807) is 43.8 Å². The summed E-state index contributed by atoms with van der Waals surface area (Å²) in [5.74, 6) is 0.119. The second-order valence-electron chi connectivity index (χ2n) is 5.47. The van der Waals surface area contributed by atoms with Crippen molar-refractivity contribution in [2.45, 2.75) is 12.5 Å². The summed E-state index contributed by atoms with van der Waals surface area (Å²) >= 11 is 0. The van der Waals surface area contributed by atoms with E-state index in [9.17, 15) is 13.6 Å². The van der Waals surface area contributed by atoms with Crippen molar-refractivity contribution in [2.75, 3.05) is 7.11 Å². The van der Waals surface area contributed by atoms with Crippen molar-refractivity contribution in [3.63, 3.8) is 0 Å². The Morgan fingerprint density at radius 3 is 2.35 bits per heavy atom. The number of aromatic nitrogens is 3. The molecule has 0 bridgehead atoms. The minimum atomic E-state index is -2.72. The summed E-state index contributed by atoms with van der Waals surface area (Å²) in [6.45, 7) is 0. The molecule has 6 nitrogen and oxygen atoms in total. The summed E-state index contributed by atoms with van der Waals surface area (Å²) in [7, 11) is 1.56. The second-order valence-corrected chi connectivity index (χ2v) is 5.47. The van der Waals surface area contributed by atoms with Crippen LogP contribution in [-0.4, -0.2) is 28.2 Å². The maximum atomic E-state index is 12.7. The van der Waals surface area contributed by atoms with Gasteiger partial charge in [-0.05, 0) is 41.5 Å². The summed E-state index contributed by atoms with van der Waals surface area (Å²) < 4.78 is 30.5. The zero-order valence-corrected chi connectivity index (χ0v) is 13.8. The van der Waals surface area contributed by atoms with Crippen LogP contribution in [0, 0.1) is 0 Å². The lowest BCUT2D eigenvalue weighted by molar-refractivity contribution is 0.0938. The quantitative estimate of drug-likeness (QED) is 0.709. The Balaban J connectivity index is 1.88. The van der Waals surface area contributed by atoms with Crippen molar-refractivity contribution in [3.05, 3.63) is 77.4 Å². The maximum Gasteiger partial charge on any atom is 0.279 e. The highest BCUT2D eigenvalue weighted by Crippen LogP contribution is 2.24. The highest BCUT2D eigenvalue weighted by atomic mass is 19.3. The Bertz CT molecular complexity index is 866. The van der Waals surface area contributed by atoms with Crippen LogP contribution in [0.1, 0.15) is 39.8 Å². The van der Waals surface area contributed by atoms with Gasteiger partial charge >= 0.3 is 0 Å². The van der Waals surface area contributed by atoms with Crippen molar-refractivity contribution in [3.8, 4) is 5.75 Å². The monoisotopic (exact) mass is 358 g/mol. The zero-order valence-electron chi connectivity index (χ0n) is 13.8. The van der Waals surface area contributed by atoms with Crippen LogP contribution in [0.4, 0.5) is 8.78 Å². The predicted octanol–water partition coefficient (Wildman–Crippen LogP) is 3.27. The lowest BCUT2D eigenvalue weighted by atomic mass is 9.99. The Morgan fingerprint density at radius 1 is 1.12 bits per heavy atom. The number of hydrogen-bond acceptors (Lipinski definition) is 4. The van der Waals surface area contributed by atoms with Gasteiger partial charge in [0.05, 0.1) is 13.2 Å². The predicted molar refractivity (Wildman–Crippen MR) is 90.1 cm³/mol. The Labute approximate surface area is 148 Å². The van der Waals surface area contributed by atoms with Crippen molar-refractivity contribution in [1.29, 1.82) is 0 Å². The van der Waals surface area contributed by atoms with E-state index in [4.69, 9.17) is 4.74 Å². The van der Waals surface area contributed by atoms with Crippen molar-refractivity contribution in [2.24, 2.45) is 0 Å². The number of carbonyl (C=O) groups excluding carboxylic acids is 1. The molecular formula is C18H16F2N4O2. The van der Waals surface area contributed by atoms with E-state index < -0.39 is 24.1 Å². The van der Waals surface area contributed by atoms with Gasteiger partial charge in [0.1, 0.15) is 17.1 Å². The normalized spacial score (nSPS) is 12.0. The number of halogens is 2. The minimum absolute atomic E-state index is 0.104. The van der Waals surface area contributed by atoms with Gasteiger partial charge in [0.25, 0.3) is 12.3 Å². The number of hydrogen-bond donors (Lipinski definition) is 2. The molecule has 0 aliphatic heterocycles. The van der Waals surface area contributed by atoms with E-state index >= 15 is 0 Å². The first kappa shape index (κ1) is 17.5. The summed E-state index contributed by atoms with van der Waals surface area (Å²) in [4.78, 5) is 16.5. The molecule has 3 rings (SSSR count). The van der Waals surface area contributed by atoms with E-state index in [-0.39, 0.29) is 5.69 Å². The van der Waals surface area contributed by atoms with Crippen molar-refractivity contribution < 1.29 is 18.3 Å². The molecule has 2 heterocycles. The molecular weight excluding hydrogens is 342 g/mol. The number of benzene rings is 1. The van der Waals surface area contributed by atoms with Crippen LogP contribution in [0.3, 0.4) is 0 Å². The number of pyridine rings is 1. The third kappa shape index (κ3) is 3.85. The molecule has 1 atom stereocenters. The minimum Gasteiger partial charge on any atom is -0.497 e. The zero-order chi connectivity index (χ0) is 18.5. The highest BCUT2D eigenvalue weighted by molar-refractivity contribution is 5.92. The molecule has 134 valence electrons. The molecule has 0 saturated carbocycles. The second kappa shape index (κ2) is 7.73. The van der Waals surface area contributed by atoms with Gasteiger partial charge in [0, 0.05) is 12.4 Å². The van der Waals surface area contributed by atoms with Gasteiger partial charge in [-0.2, -0.15) is 5.10 Å². The van der Waals surface area contributed by atoms with Crippen LogP contribution < -0.4 is 10.1 Å². The molecule has 8 heteroatoms. The largest absolute Gasteiger partial charge is 0.497 e. The molecule has 1 aromatic carbocycles. The molecule has 0 fully saturated rings. The number of carbonyl (C=O) groups is 1. The molecule has 0 unspecified atom stereocenters.